The molecule has 45 heavy (non-hydrogen) atoms. The third kappa shape index (κ3) is 8.64. The van der Waals surface area contributed by atoms with Crippen LogP contribution in [-0.4, -0.2) is 34.5 Å². The summed E-state index contributed by atoms with van der Waals surface area (Å²) in [6.45, 7) is 23.8. The smallest absolute Gasteiger partial charge is 0.306 e. The van der Waals surface area contributed by atoms with Gasteiger partial charge in [0.15, 0.2) is 10.9 Å². The van der Waals surface area contributed by atoms with Crippen LogP contribution in [0.3, 0.4) is 0 Å². The highest BCUT2D eigenvalue weighted by Gasteiger charge is 2.37. The summed E-state index contributed by atoms with van der Waals surface area (Å²) in [6, 6.07) is 0. The van der Waals surface area contributed by atoms with Crippen LogP contribution in [0.4, 0.5) is 0 Å². The Morgan fingerprint density at radius 2 is 1.31 bits per heavy atom. The summed E-state index contributed by atoms with van der Waals surface area (Å²) in [7, 11) is 0. The van der Waals surface area contributed by atoms with E-state index in [9.17, 15) is 24.6 Å². The monoisotopic (exact) mass is 628 g/mol. The van der Waals surface area contributed by atoms with E-state index in [-0.39, 0.29) is 29.1 Å². The van der Waals surface area contributed by atoms with Crippen molar-refractivity contribution in [1.82, 2.24) is 0 Å². The maximum absolute atomic E-state index is 13.4. The van der Waals surface area contributed by atoms with Gasteiger partial charge >= 0.3 is 5.97 Å². The second-order valence-corrected chi connectivity index (χ2v) is 13.3. The van der Waals surface area contributed by atoms with Crippen LogP contribution < -0.4 is 10.9 Å². The predicted molar refractivity (Wildman–Crippen MR) is 178 cm³/mol. The van der Waals surface area contributed by atoms with Gasteiger partial charge in [-0.1, -0.05) is 61.5 Å². The normalized spacial score (nSPS) is 17.0. The molecule has 2 aromatic rings. The van der Waals surface area contributed by atoms with Crippen molar-refractivity contribution in [3.8, 4) is 0 Å². The number of rotatable bonds is 14. The van der Waals surface area contributed by atoms with Gasteiger partial charge in [0.1, 0.15) is 29.1 Å². The standard InChI is InChI=1S/C37H56O8/c1-14-28(38)21(7)35-25(11)33(42)26(12)37(45-35)27(13)36(44-30(39)16-18(3)4)23(9)31(40)19(5)17-20(6)34-24(10)32(41)22(8)29(15-2)43-34/h17-18,20-21,23,27-28,31,36,38,40H,14-16H2,1-13H3. The number of aliphatic hydroxyl groups is 2. The van der Waals surface area contributed by atoms with Crippen molar-refractivity contribution in [2.45, 2.75) is 145 Å². The summed E-state index contributed by atoms with van der Waals surface area (Å²) >= 11 is 0. The summed E-state index contributed by atoms with van der Waals surface area (Å²) in [6.07, 6.45) is 0.622. The summed E-state index contributed by atoms with van der Waals surface area (Å²) in [5, 5.41) is 22.2. The molecular weight excluding hydrogens is 572 g/mol. The molecule has 7 atom stereocenters. The van der Waals surface area contributed by atoms with Crippen LogP contribution in [0.25, 0.3) is 0 Å². The first kappa shape index (κ1) is 38.2. The molecule has 2 rings (SSSR count). The Hall–Kier alpha value is -2.97. The molecule has 0 bridgehead atoms. The van der Waals surface area contributed by atoms with Gasteiger partial charge in [0.25, 0.3) is 0 Å². The molecule has 2 N–H and O–H groups in total. The molecule has 8 heteroatoms. The van der Waals surface area contributed by atoms with Crippen molar-refractivity contribution in [2.24, 2.45) is 11.8 Å². The largest absolute Gasteiger partial charge is 0.465 e. The van der Waals surface area contributed by atoms with Gasteiger partial charge in [-0.2, -0.15) is 0 Å². The first-order chi connectivity index (χ1) is 20.9. The number of hydrogen-bond acceptors (Lipinski definition) is 8. The summed E-state index contributed by atoms with van der Waals surface area (Å²) in [4.78, 5) is 39.3. The molecule has 0 amide bonds. The molecule has 0 aromatic carbocycles. The average molecular weight is 629 g/mol. The fourth-order valence-electron chi connectivity index (χ4n) is 6.26. The maximum Gasteiger partial charge on any atom is 0.306 e. The summed E-state index contributed by atoms with van der Waals surface area (Å²) < 4.78 is 18.6. The number of allylic oxidation sites excluding steroid dienone is 1. The van der Waals surface area contributed by atoms with Crippen LogP contribution >= 0.6 is 0 Å². The lowest BCUT2D eigenvalue weighted by Gasteiger charge is -2.33. The molecule has 252 valence electrons. The molecular formula is C37H56O8. The Kier molecular flexibility index (Phi) is 13.6. The van der Waals surface area contributed by atoms with Crippen LogP contribution in [0.2, 0.25) is 0 Å². The zero-order chi connectivity index (χ0) is 34.5. The average Bonchev–Trinajstić information content (AvgIpc) is 2.99. The van der Waals surface area contributed by atoms with E-state index in [1.54, 1.807) is 34.6 Å². The topological polar surface area (TPSA) is 127 Å². The Balaban J connectivity index is 2.59. The van der Waals surface area contributed by atoms with E-state index in [0.29, 0.717) is 63.7 Å². The zero-order valence-electron chi connectivity index (χ0n) is 29.7. The maximum atomic E-state index is 13.4. The quantitative estimate of drug-likeness (QED) is 0.168. The molecule has 0 fully saturated rings. The molecule has 7 unspecified atom stereocenters. The minimum Gasteiger partial charge on any atom is -0.465 e. The molecule has 0 spiro atoms. The van der Waals surface area contributed by atoms with E-state index in [1.807, 2.05) is 61.5 Å². The molecule has 8 nitrogen and oxygen atoms in total. The zero-order valence-corrected chi connectivity index (χ0v) is 29.7. The number of carbonyl (C=O) groups excluding carboxylic acids is 1. The second-order valence-electron chi connectivity index (χ2n) is 13.3. The van der Waals surface area contributed by atoms with E-state index in [2.05, 4.69) is 0 Å². The van der Waals surface area contributed by atoms with E-state index in [0.717, 1.165) is 0 Å². The van der Waals surface area contributed by atoms with Gasteiger partial charge in [0, 0.05) is 52.8 Å². The number of aliphatic hydroxyl groups excluding tert-OH is 2. The fourth-order valence-corrected chi connectivity index (χ4v) is 6.26. The van der Waals surface area contributed by atoms with Crippen molar-refractivity contribution >= 4 is 5.97 Å². The number of hydrogen-bond donors (Lipinski definition) is 2. The van der Waals surface area contributed by atoms with Gasteiger partial charge in [-0.05, 0) is 52.5 Å². The van der Waals surface area contributed by atoms with E-state index in [1.165, 1.54) is 0 Å². The second kappa shape index (κ2) is 16.0. The van der Waals surface area contributed by atoms with Crippen LogP contribution in [0.1, 0.15) is 138 Å². The van der Waals surface area contributed by atoms with Gasteiger partial charge < -0.3 is 23.8 Å². The van der Waals surface area contributed by atoms with Crippen LogP contribution in [0.5, 0.6) is 0 Å². The highest BCUT2D eigenvalue weighted by Crippen LogP contribution is 2.35. The fraction of sp³-hybridized carbons (Fsp3) is 0.649. The molecule has 0 saturated carbocycles. The molecule has 2 heterocycles. The Morgan fingerprint density at radius 3 is 1.82 bits per heavy atom. The van der Waals surface area contributed by atoms with Gasteiger partial charge in [0.05, 0.1) is 18.1 Å². The number of carbonyl (C=O) groups is 1. The molecule has 0 aliphatic heterocycles. The van der Waals surface area contributed by atoms with Crippen LogP contribution in [-0.2, 0) is 16.0 Å². The van der Waals surface area contributed by atoms with Crippen molar-refractivity contribution < 1.29 is 28.6 Å². The Bertz CT molecular complexity index is 1480. The summed E-state index contributed by atoms with van der Waals surface area (Å²) in [5.41, 5.74) is 2.42. The van der Waals surface area contributed by atoms with Crippen molar-refractivity contribution in [2.75, 3.05) is 0 Å². The van der Waals surface area contributed by atoms with Gasteiger partial charge in [-0.3, -0.25) is 14.4 Å². The van der Waals surface area contributed by atoms with Crippen LogP contribution in [0.15, 0.2) is 30.1 Å². The summed E-state index contributed by atoms with van der Waals surface area (Å²) in [5.74, 6) is -0.230. The van der Waals surface area contributed by atoms with Crippen molar-refractivity contribution in [1.29, 1.82) is 0 Å². The number of ether oxygens (including phenoxy) is 1. The highest BCUT2D eigenvalue weighted by molar-refractivity contribution is 5.70. The molecule has 0 aliphatic carbocycles. The lowest BCUT2D eigenvalue weighted by Crippen LogP contribution is -2.38. The lowest BCUT2D eigenvalue weighted by molar-refractivity contribution is -0.156. The van der Waals surface area contributed by atoms with Crippen molar-refractivity contribution in [3.05, 3.63) is 77.4 Å². The molecule has 0 aliphatic rings. The van der Waals surface area contributed by atoms with Gasteiger partial charge in [0.2, 0.25) is 0 Å². The minimum atomic E-state index is -1.02. The SMILES string of the molecule is CCc1oc(C(C)C=C(C)C(O)C(C)C(OC(=O)CC(C)C)C(C)c2oc(C(C)C(O)CC)c(C)c(=O)c2C)c(C)c(=O)c1C. The third-order valence-electron chi connectivity index (χ3n) is 9.23. The van der Waals surface area contributed by atoms with E-state index < -0.39 is 42.0 Å². The minimum absolute atomic E-state index is 0.0408. The number of esters is 1. The predicted octanol–water partition coefficient (Wildman–Crippen LogP) is 7.07. The third-order valence-corrected chi connectivity index (χ3v) is 9.23. The highest BCUT2D eigenvalue weighted by atomic mass is 16.5. The Morgan fingerprint density at radius 1 is 0.800 bits per heavy atom. The molecule has 0 saturated heterocycles. The molecule has 0 radical (unpaired) electrons. The lowest BCUT2D eigenvalue weighted by atomic mass is 9.83. The van der Waals surface area contributed by atoms with E-state index >= 15 is 0 Å². The number of aryl methyl sites for hydroxylation is 1. The van der Waals surface area contributed by atoms with Gasteiger partial charge in [-0.15, -0.1) is 0 Å². The van der Waals surface area contributed by atoms with Crippen molar-refractivity contribution in [3.63, 3.8) is 0 Å². The first-order valence-electron chi connectivity index (χ1n) is 16.4. The van der Waals surface area contributed by atoms with Crippen LogP contribution in [0, 0.1) is 39.5 Å². The molecule has 2 aromatic heterocycles. The Labute approximate surface area is 268 Å². The van der Waals surface area contributed by atoms with Gasteiger partial charge in [-0.25, -0.2) is 0 Å². The first-order valence-corrected chi connectivity index (χ1v) is 16.4. The van der Waals surface area contributed by atoms with E-state index in [4.69, 9.17) is 13.6 Å².